The highest BCUT2D eigenvalue weighted by Crippen LogP contribution is 2.12. The molecule has 3 rings (SSSR count). The monoisotopic (exact) mass is 282 g/mol. The van der Waals surface area contributed by atoms with E-state index in [9.17, 15) is 0 Å². The first-order valence-corrected chi connectivity index (χ1v) is 7.46. The predicted octanol–water partition coefficient (Wildman–Crippen LogP) is 6.03. The van der Waals surface area contributed by atoms with Crippen molar-refractivity contribution in [2.75, 3.05) is 0 Å². The molecule has 0 heteroatoms. The summed E-state index contributed by atoms with van der Waals surface area (Å²) in [6.45, 7) is 0. The van der Waals surface area contributed by atoms with Crippen LogP contribution in [0.1, 0.15) is 22.3 Å². The van der Waals surface area contributed by atoms with Crippen molar-refractivity contribution in [3.8, 4) is 0 Å². The molecule has 0 unspecified atom stereocenters. The van der Waals surface area contributed by atoms with Gasteiger partial charge in [0.15, 0.2) is 0 Å². The summed E-state index contributed by atoms with van der Waals surface area (Å²) in [6.07, 6.45) is 8.55. The quantitative estimate of drug-likeness (QED) is 0.513. The van der Waals surface area contributed by atoms with Gasteiger partial charge in [-0.05, 0) is 22.3 Å². The summed E-state index contributed by atoms with van der Waals surface area (Å²) in [5.74, 6) is 0. The van der Waals surface area contributed by atoms with E-state index >= 15 is 0 Å². The van der Waals surface area contributed by atoms with Crippen molar-refractivity contribution in [2.24, 2.45) is 0 Å². The van der Waals surface area contributed by atoms with Crippen LogP contribution in [0.2, 0.25) is 0 Å². The fraction of sp³-hybridized carbons (Fsp3) is 0. The molecule has 22 heavy (non-hydrogen) atoms. The van der Waals surface area contributed by atoms with E-state index in [1.54, 1.807) is 0 Å². The maximum atomic E-state index is 2.14. The molecule has 0 heterocycles. The minimum atomic E-state index is 1.21. The van der Waals surface area contributed by atoms with Gasteiger partial charge in [0.25, 0.3) is 0 Å². The fourth-order valence-electron chi connectivity index (χ4n) is 2.23. The molecule has 0 aromatic heterocycles. The van der Waals surface area contributed by atoms with Gasteiger partial charge in [0.1, 0.15) is 0 Å². The smallest absolute Gasteiger partial charge is 0.0256 e. The lowest BCUT2D eigenvalue weighted by Crippen LogP contribution is -1.75. The van der Waals surface area contributed by atoms with Gasteiger partial charge in [0, 0.05) is 0 Å². The molecule has 0 N–H and O–H groups in total. The van der Waals surface area contributed by atoms with Gasteiger partial charge in [-0.15, -0.1) is 0 Å². The van der Waals surface area contributed by atoms with Crippen molar-refractivity contribution in [3.63, 3.8) is 0 Å². The molecule has 0 spiro atoms. The third-order valence-electron chi connectivity index (χ3n) is 3.47. The zero-order chi connectivity index (χ0) is 15.0. The van der Waals surface area contributed by atoms with E-state index < -0.39 is 0 Å². The Labute approximate surface area is 132 Å². The van der Waals surface area contributed by atoms with Crippen LogP contribution in [0.15, 0.2) is 84.9 Å². The maximum absolute atomic E-state index is 2.14. The highest BCUT2D eigenvalue weighted by Gasteiger charge is 1.90. The van der Waals surface area contributed by atoms with Crippen LogP contribution in [0.5, 0.6) is 0 Å². The van der Waals surface area contributed by atoms with E-state index in [0.717, 1.165) is 0 Å². The summed E-state index contributed by atoms with van der Waals surface area (Å²) >= 11 is 0. The summed E-state index contributed by atoms with van der Waals surface area (Å²) < 4.78 is 0. The number of benzene rings is 3. The highest BCUT2D eigenvalue weighted by molar-refractivity contribution is 5.72. The molecule has 0 saturated carbocycles. The summed E-state index contributed by atoms with van der Waals surface area (Å²) in [5, 5.41) is 0. The molecule has 0 bridgehead atoms. The van der Waals surface area contributed by atoms with Gasteiger partial charge in [-0.25, -0.2) is 0 Å². The zero-order valence-electron chi connectivity index (χ0n) is 12.4. The van der Waals surface area contributed by atoms with E-state index in [1.807, 2.05) is 12.1 Å². The Kier molecular flexibility index (Phi) is 4.63. The van der Waals surface area contributed by atoms with Gasteiger partial charge in [-0.2, -0.15) is 0 Å². The molecule has 0 amide bonds. The lowest BCUT2D eigenvalue weighted by atomic mass is 10.1. The molecule has 0 radical (unpaired) electrons. The largest absolute Gasteiger partial charge is 0.0622 e. The lowest BCUT2D eigenvalue weighted by molar-refractivity contribution is 1.61. The molecule has 0 aliphatic rings. The second-order valence-corrected chi connectivity index (χ2v) is 5.15. The highest BCUT2D eigenvalue weighted by atomic mass is 14.0. The summed E-state index contributed by atoms with van der Waals surface area (Å²) in [4.78, 5) is 0. The first-order chi connectivity index (χ1) is 10.9. The standard InChI is InChI=1S/C22H18/c1-3-7-19(8-4-1)11-13-21-15-17-22(18-16-21)14-12-20-9-5-2-6-10-20/h1-18H/b13-11-,14-12-. The van der Waals surface area contributed by atoms with Crippen molar-refractivity contribution >= 4 is 24.3 Å². The predicted molar refractivity (Wildman–Crippen MR) is 97.2 cm³/mol. The third kappa shape index (κ3) is 4.07. The lowest BCUT2D eigenvalue weighted by Gasteiger charge is -1.97. The average molecular weight is 282 g/mol. The van der Waals surface area contributed by atoms with Crippen LogP contribution < -0.4 is 0 Å². The number of hydrogen-bond acceptors (Lipinski definition) is 0. The van der Waals surface area contributed by atoms with E-state index in [0.29, 0.717) is 0 Å². The van der Waals surface area contributed by atoms with Crippen molar-refractivity contribution in [1.82, 2.24) is 0 Å². The minimum absolute atomic E-state index is 1.21. The minimum Gasteiger partial charge on any atom is -0.0622 e. The van der Waals surface area contributed by atoms with Crippen LogP contribution >= 0.6 is 0 Å². The topological polar surface area (TPSA) is 0 Å². The summed E-state index contributed by atoms with van der Waals surface area (Å²) in [6, 6.07) is 29.3. The second kappa shape index (κ2) is 7.24. The Morgan fingerprint density at radius 1 is 0.318 bits per heavy atom. The average Bonchev–Trinajstić information content (AvgIpc) is 2.61. The Hall–Kier alpha value is -2.86. The first kappa shape index (κ1) is 14.1. The van der Waals surface area contributed by atoms with E-state index in [4.69, 9.17) is 0 Å². The molecular weight excluding hydrogens is 264 g/mol. The van der Waals surface area contributed by atoms with E-state index in [2.05, 4.69) is 97.1 Å². The van der Waals surface area contributed by atoms with Crippen molar-refractivity contribution in [2.45, 2.75) is 0 Å². The molecule has 0 aliphatic heterocycles. The SMILES string of the molecule is C(=C/c1ccc(/C=C\c2ccccc2)cc1)/c1ccccc1. The number of rotatable bonds is 4. The van der Waals surface area contributed by atoms with Gasteiger partial charge >= 0.3 is 0 Å². The molecule has 3 aromatic rings. The van der Waals surface area contributed by atoms with Crippen molar-refractivity contribution in [3.05, 3.63) is 107 Å². The first-order valence-electron chi connectivity index (χ1n) is 7.46. The van der Waals surface area contributed by atoms with Crippen molar-refractivity contribution < 1.29 is 0 Å². The Morgan fingerprint density at radius 3 is 0.909 bits per heavy atom. The fourth-order valence-corrected chi connectivity index (χ4v) is 2.23. The molecule has 0 atom stereocenters. The van der Waals surface area contributed by atoms with Crippen LogP contribution in [0.4, 0.5) is 0 Å². The Morgan fingerprint density at radius 2 is 0.591 bits per heavy atom. The second-order valence-electron chi connectivity index (χ2n) is 5.15. The van der Waals surface area contributed by atoms with E-state index in [-0.39, 0.29) is 0 Å². The molecule has 3 aromatic carbocycles. The van der Waals surface area contributed by atoms with Gasteiger partial charge in [-0.3, -0.25) is 0 Å². The molecule has 0 saturated heterocycles. The summed E-state index contributed by atoms with van der Waals surface area (Å²) in [7, 11) is 0. The Bertz CT molecular complexity index is 680. The van der Waals surface area contributed by atoms with Crippen LogP contribution in [-0.4, -0.2) is 0 Å². The van der Waals surface area contributed by atoms with Gasteiger partial charge in [0.2, 0.25) is 0 Å². The van der Waals surface area contributed by atoms with Crippen LogP contribution in [0, 0.1) is 0 Å². The molecule has 0 aliphatic carbocycles. The third-order valence-corrected chi connectivity index (χ3v) is 3.47. The van der Waals surface area contributed by atoms with Crippen molar-refractivity contribution in [1.29, 1.82) is 0 Å². The van der Waals surface area contributed by atoms with Gasteiger partial charge in [-0.1, -0.05) is 109 Å². The molecular formula is C22H18. The molecule has 106 valence electrons. The zero-order valence-corrected chi connectivity index (χ0v) is 12.4. The molecule has 0 nitrogen and oxygen atoms in total. The number of hydrogen-bond donors (Lipinski definition) is 0. The van der Waals surface area contributed by atoms with Crippen LogP contribution in [0.3, 0.4) is 0 Å². The summed E-state index contributed by atoms with van der Waals surface area (Å²) in [5.41, 5.74) is 4.85. The van der Waals surface area contributed by atoms with Crippen LogP contribution in [0.25, 0.3) is 24.3 Å². The van der Waals surface area contributed by atoms with Gasteiger partial charge in [0.05, 0.1) is 0 Å². The van der Waals surface area contributed by atoms with E-state index in [1.165, 1.54) is 22.3 Å². The normalized spacial score (nSPS) is 11.3. The maximum Gasteiger partial charge on any atom is -0.0256 e. The Balaban J connectivity index is 1.68. The van der Waals surface area contributed by atoms with Gasteiger partial charge < -0.3 is 0 Å². The molecule has 0 fully saturated rings. The van der Waals surface area contributed by atoms with Crippen LogP contribution in [-0.2, 0) is 0 Å².